The van der Waals surface area contributed by atoms with Gasteiger partial charge in [0.25, 0.3) is 0 Å². The second-order valence-corrected chi connectivity index (χ2v) is 7.51. The number of aryl methyl sites for hydroxylation is 1. The van der Waals surface area contributed by atoms with Crippen molar-refractivity contribution in [2.24, 2.45) is 0 Å². The highest BCUT2D eigenvalue weighted by Crippen LogP contribution is 2.23. The zero-order valence-electron chi connectivity index (χ0n) is 14.8. The van der Waals surface area contributed by atoms with Crippen LogP contribution in [-0.4, -0.2) is 19.8 Å². The molecule has 0 aliphatic heterocycles. The van der Waals surface area contributed by atoms with Gasteiger partial charge in [-0.1, -0.05) is 36.7 Å². The minimum atomic E-state index is 0.677. The van der Waals surface area contributed by atoms with Gasteiger partial charge in [-0.05, 0) is 54.4 Å². The molecule has 0 spiro atoms. The van der Waals surface area contributed by atoms with E-state index in [-0.39, 0.29) is 0 Å². The predicted octanol–water partition coefficient (Wildman–Crippen LogP) is 5.38. The lowest BCUT2D eigenvalue weighted by Crippen LogP contribution is -2.02. The normalized spacial score (nSPS) is 11.0. The second kappa shape index (κ2) is 7.98. The van der Waals surface area contributed by atoms with Crippen LogP contribution in [0.3, 0.4) is 0 Å². The average Bonchev–Trinajstić information content (AvgIpc) is 3.09. The summed E-state index contributed by atoms with van der Waals surface area (Å²) in [5.41, 5.74) is 2.95. The number of hydrogen-bond donors (Lipinski definition) is 1. The van der Waals surface area contributed by atoms with Crippen molar-refractivity contribution in [2.75, 3.05) is 5.32 Å². The zero-order valence-corrected chi connectivity index (χ0v) is 16.3. The Kier molecular flexibility index (Phi) is 5.27. The van der Waals surface area contributed by atoms with Crippen molar-refractivity contribution in [1.82, 2.24) is 19.8 Å². The Balaban J connectivity index is 1.52. The molecule has 27 heavy (non-hydrogen) atoms. The molecule has 1 N–H and O–H groups in total. The first-order chi connectivity index (χ1) is 13.2. The molecule has 0 aliphatic carbocycles. The van der Waals surface area contributed by atoms with Gasteiger partial charge >= 0.3 is 0 Å². The fourth-order valence-corrected chi connectivity index (χ4v) is 3.67. The van der Waals surface area contributed by atoms with Crippen molar-refractivity contribution in [1.29, 1.82) is 0 Å². The summed E-state index contributed by atoms with van der Waals surface area (Å²) in [5.74, 6) is 2.22. The molecule has 5 nitrogen and oxygen atoms in total. The van der Waals surface area contributed by atoms with Gasteiger partial charge < -0.3 is 5.32 Å². The molecule has 2 heterocycles. The number of halogens is 1. The van der Waals surface area contributed by atoms with E-state index in [4.69, 9.17) is 11.6 Å². The number of benzene rings is 2. The predicted molar refractivity (Wildman–Crippen MR) is 111 cm³/mol. The van der Waals surface area contributed by atoms with Crippen LogP contribution in [0.5, 0.6) is 0 Å². The Morgan fingerprint density at radius 1 is 1.04 bits per heavy atom. The minimum Gasteiger partial charge on any atom is -0.339 e. The lowest BCUT2D eigenvalue weighted by atomic mass is 10.2. The number of thioether (sulfide) groups is 1. The Bertz CT molecular complexity index is 1060. The quantitative estimate of drug-likeness (QED) is 0.444. The molecule has 7 heteroatoms. The lowest BCUT2D eigenvalue weighted by Gasteiger charge is -2.07. The summed E-state index contributed by atoms with van der Waals surface area (Å²) in [6.45, 7) is 2.16. The number of hydrogen-bond acceptors (Lipinski definition) is 5. The van der Waals surface area contributed by atoms with Gasteiger partial charge in [0.15, 0.2) is 17.3 Å². The van der Waals surface area contributed by atoms with Crippen LogP contribution >= 0.6 is 23.4 Å². The molecule has 0 bridgehead atoms. The fraction of sp³-hybridized carbons (Fsp3) is 0.150. The molecular weight excluding hydrogens is 378 g/mol. The van der Waals surface area contributed by atoms with Crippen LogP contribution < -0.4 is 5.32 Å². The monoisotopic (exact) mass is 395 g/mol. The molecular formula is C20H18ClN5S. The van der Waals surface area contributed by atoms with E-state index in [1.165, 1.54) is 10.5 Å². The zero-order chi connectivity index (χ0) is 18.6. The van der Waals surface area contributed by atoms with Gasteiger partial charge in [-0.2, -0.15) is 4.52 Å². The maximum absolute atomic E-state index is 6.04. The molecule has 0 fully saturated rings. The molecule has 0 aliphatic rings. The molecule has 0 amide bonds. The summed E-state index contributed by atoms with van der Waals surface area (Å²) in [6, 6.07) is 19.9. The summed E-state index contributed by atoms with van der Waals surface area (Å²) in [4.78, 5) is 1.21. The van der Waals surface area contributed by atoms with Crippen molar-refractivity contribution in [2.45, 2.75) is 24.0 Å². The van der Waals surface area contributed by atoms with Gasteiger partial charge in [0.05, 0.1) is 5.75 Å². The Morgan fingerprint density at radius 2 is 1.89 bits per heavy atom. The molecule has 0 radical (unpaired) electrons. The van der Waals surface area contributed by atoms with E-state index in [9.17, 15) is 0 Å². The van der Waals surface area contributed by atoms with Crippen LogP contribution in [0.15, 0.2) is 65.6 Å². The van der Waals surface area contributed by atoms with E-state index >= 15 is 0 Å². The van der Waals surface area contributed by atoms with Crippen LogP contribution in [0.2, 0.25) is 5.02 Å². The first-order valence-electron chi connectivity index (χ1n) is 8.67. The molecule has 2 aromatic carbocycles. The SMILES string of the molecule is CCc1ccc(SCc2nnc3ccc(Nc4cccc(Cl)c4)nn23)cc1. The van der Waals surface area contributed by atoms with E-state index in [2.05, 4.69) is 51.8 Å². The van der Waals surface area contributed by atoms with Gasteiger partial charge in [0.1, 0.15) is 0 Å². The van der Waals surface area contributed by atoms with Crippen LogP contribution in [0.25, 0.3) is 5.65 Å². The number of rotatable bonds is 6. The first-order valence-corrected chi connectivity index (χ1v) is 10.0. The highest BCUT2D eigenvalue weighted by molar-refractivity contribution is 7.98. The number of anilines is 2. The Labute approximate surface area is 166 Å². The third kappa shape index (κ3) is 4.23. The Hall–Kier alpha value is -2.57. The van der Waals surface area contributed by atoms with Gasteiger partial charge in [-0.15, -0.1) is 27.1 Å². The van der Waals surface area contributed by atoms with Crippen molar-refractivity contribution in [3.05, 3.63) is 77.1 Å². The first kappa shape index (κ1) is 17.8. The topological polar surface area (TPSA) is 55.1 Å². The van der Waals surface area contributed by atoms with E-state index < -0.39 is 0 Å². The number of nitrogens with zero attached hydrogens (tertiary/aromatic N) is 4. The highest BCUT2D eigenvalue weighted by Gasteiger charge is 2.09. The third-order valence-corrected chi connectivity index (χ3v) is 5.37. The maximum Gasteiger partial charge on any atom is 0.178 e. The molecule has 0 saturated heterocycles. The molecule has 0 unspecified atom stereocenters. The largest absolute Gasteiger partial charge is 0.339 e. The summed E-state index contributed by atoms with van der Waals surface area (Å²) in [5, 5.41) is 17.1. The van der Waals surface area contributed by atoms with Gasteiger partial charge in [-0.3, -0.25) is 0 Å². The van der Waals surface area contributed by atoms with E-state index in [0.717, 1.165) is 23.6 Å². The lowest BCUT2D eigenvalue weighted by molar-refractivity contribution is 0.871. The fourth-order valence-electron chi connectivity index (χ4n) is 2.67. The number of aromatic nitrogens is 4. The molecule has 4 aromatic rings. The molecule has 2 aromatic heterocycles. The van der Waals surface area contributed by atoms with E-state index in [1.54, 1.807) is 16.3 Å². The highest BCUT2D eigenvalue weighted by atomic mass is 35.5. The van der Waals surface area contributed by atoms with Crippen molar-refractivity contribution >= 4 is 40.5 Å². The minimum absolute atomic E-state index is 0.677. The standard InChI is InChI=1S/C20H18ClN5S/c1-2-14-6-8-17(9-7-14)27-13-20-24-23-19-11-10-18(25-26(19)20)22-16-5-3-4-15(21)12-16/h3-12H,2,13H2,1H3,(H,22,25). The van der Waals surface area contributed by atoms with Crippen molar-refractivity contribution in [3.63, 3.8) is 0 Å². The summed E-state index contributed by atoms with van der Waals surface area (Å²) in [6.07, 6.45) is 1.05. The smallest absolute Gasteiger partial charge is 0.178 e. The number of fused-ring (bicyclic) bond motifs is 1. The van der Waals surface area contributed by atoms with Crippen molar-refractivity contribution in [3.8, 4) is 0 Å². The van der Waals surface area contributed by atoms with Gasteiger partial charge in [-0.25, -0.2) is 0 Å². The van der Waals surface area contributed by atoms with Gasteiger partial charge in [0, 0.05) is 15.6 Å². The van der Waals surface area contributed by atoms with Crippen LogP contribution in [-0.2, 0) is 12.2 Å². The molecule has 4 rings (SSSR count). The summed E-state index contributed by atoms with van der Waals surface area (Å²) in [7, 11) is 0. The summed E-state index contributed by atoms with van der Waals surface area (Å²) >= 11 is 7.77. The molecule has 0 saturated carbocycles. The summed E-state index contributed by atoms with van der Waals surface area (Å²) < 4.78 is 1.78. The van der Waals surface area contributed by atoms with Crippen LogP contribution in [0.4, 0.5) is 11.5 Å². The Morgan fingerprint density at radius 3 is 2.67 bits per heavy atom. The van der Waals surface area contributed by atoms with E-state index in [1.807, 2.05) is 36.4 Å². The number of nitrogens with one attached hydrogen (secondary N) is 1. The maximum atomic E-state index is 6.04. The molecule has 0 atom stereocenters. The van der Waals surface area contributed by atoms with E-state index in [0.29, 0.717) is 16.6 Å². The second-order valence-electron chi connectivity index (χ2n) is 6.03. The van der Waals surface area contributed by atoms with Gasteiger partial charge in [0.2, 0.25) is 0 Å². The third-order valence-electron chi connectivity index (χ3n) is 4.12. The average molecular weight is 396 g/mol. The van der Waals surface area contributed by atoms with Crippen LogP contribution in [0, 0.1) is 0 Å². The van der Waals surface area contributed by atoms with Crippen LogP contribution in [0.1, 0.15) is 18.3 Å². The van der Waals surface area contributed by atoms with Crippen molar-refractivity contribution < 1.29 is 0 Å². The molecule has 136 valence electrons.